The Balaban J connectivity index is 0.000000900. The summed E-state index contributed by atoms with van der Waals surface area (Å²) in [7, 11) is -3.25. The van der Waals surface area contributed by atoms with Gasteiger partial charge in [-0.2, -0.15) is 32.5 Å². The van der Waals surface area contributed by atoms with Crippen LogP contribution >= 0.6 is 0 Å². The van der Waals surface area contributed by atoms with Crippen LogP contribution in [-0.4, -0.2) is 82.7 Å². The van der Waals surface area contributed by atoms with E-state index in [1.165, 1.54) is 12.1 Å². The molecule has 0 amide bonds. The zero-order valence-electron chi connectivity index (χ0n) is 25.0. The highest BCUT2D eigenvalue weighted by Gasteiger charge is 2.49. The Morgan fingerprint density at radius 2 is 1.69 bits per heavy atom. The number of benzene rings is 2. The summed E-state index contributed by atoms with van der Waals surface area (Å²) in [6.07, 6.45) is -5.81. The maximum absolute atomic E-state index is 13.3. The number of hydrogen-bond acceptors (Lipinski definition) is 9. The molecule has 0 radical (unpaired) electrons. The number of aliphatic carboxylic acids is 2. The van der Waals surface area contributed by atoms with E-state index in [1.54, 1.807) is 36.3 Å². The van der Waals surface area contributed by atoms with Crippen molar-refractivity contribution < 1.29 is 55.0 Å². The molecule has 1 aliphatic heterocycles. The first kappa shape index (κ1) is 37.3. The van der Waals surface area contributed by atoms with Crippen LogP contribution in [0.1, 0.15) is 55.8 Å². The van der Waals surface area contributed by atoms with Crippen molar-refractivity contribution in [2.75, 3.05) is 7.05 Å². The third-order valence-corrected chi connectivity index (χ3v) is 9.15. The first-order valence-corrected chi connectivity index (χ1v) is 14.9. The number of rotatable bonds is 11. The van der Waals surface area contributed by atoms with Gasteiger partial charge in [-0.3, -0.25) is 15.0 Å². The number of aryl methyl sites for hydroxylation is 1. The van der Waals surface area contributed by atoms with Crippen molar-refractivity contribution in [3.8, 4) is 0 Å². The summed E-state index contributed by atoms with van der Waals surface area (Å²) in [5.74, 6) is 1.38. The molecule has 45 heavy (non-hydrogen) atoms. The minimum absolute atomic E-state index is 0.0113. The lowest BCUT2D eigenvalue weighted by atomic mass is 9.96. The van der Waals surface area contributed by atoms with Crippen molar-refractivity contribution in [1.29, 1.82) is 5.41 Å². The number of nitrogens with one attached hydrogen (secondary N) is 1. The second-order valence-electron chi connectivity index (χ2n) is 10.9. The van der Waals surface area contributed by atoms with Gasteiger partial charge in [-0.25, -0.2) is 9.59 Å². The number of nitrogen functional groups attached to an aromatic ring is 1. The van der Waals surface area contributed by atoms with Crippen LogP contribution in [0.25, 0.3) is 0 Å². The third-order valence-electron chi connectivity index (χ3n) is 7.01. The Labute approximate surface area is 258 Å². The highest BCUT2D eigenvalue weighted by atomic mass is 32.2. The number of ketones is 1. The Morgan fingerprint density at radius 1 is 1.13 bits per heavy atom. The molecule has 2 aromatic carbocycles. The van der Waals surface area contributed by atoms with E-state index in [4.69, 9.17) is 31.7 Å². The Hall–Kier alpha value is -3.90. The monoisotopic (exact) mass is 660 g/mol. The predicted molar refractivity (Wildman–Crippen MR) is 155 cm³/mol. The van der Waals surface area contributed by atoms with Gasteiger partial charge in [-0.1, -0.05) is 36.4 Å². The summed E-state index contributed by atoms with van der Waals surface area (Å²) < 4.78 is 56.9. The zero-order chi connectivity index (χ0) is 34.5. The average Bonchev–Trinajstić information content (AvgIpc) is 3.35. The summed E-state index contributed by atoms with van der Waals surface area (Å²) >= 11 is 0. The molecule has 0 aliphatic carbocycles. The molecule has 4 atom stereocenters. The first-order chi connectivity index (χ1) is 20.6. The van der Waals surface area contributed by atoms with Gasteiger partial charge in [0.1, 0.15) is 23.6 Å². The Kier molecular flexibility index (Phi) is 12.0. The van der Waals surface area contributed by atoms with Crippen LogP contribution in [-0.2, 0) is 29.2 Å². The van der Waals surface area contributed by atoms with Gasteiger partial charge in [0.2, 0.25) is 6.04 Å². The fraction of sp³-hybridized carbons (Fsp3) is 0.429. The highest BCUT2D eigenvalue weighted by Crippen LogP contribution is 2.37. The van der Waals surface area contributed by atoms with E-state index >= 15 is 0 Å². The van der Waals surface area contributed by atoms with Crippen LogP contribution in [0, 0.1) is 12.3 Å². The lowest BCUT2D eigenvalue weighted by Crippen LogP contribution is -2.64. The number of carbonyl (C=O) groups excluding carboxylic acids is 1. The summed E-state index contributed by atoms with van der Waals surface area (Å²) in [5, 5.41) is 26.4. The molecule has 0 spiro atoms. The SMILES string of the molecule is Cc1cccc(S(=O)(=O)[N+](C)(N)[C@@H](CC(=O)C[C@H]2C[C@@H](c3ccc(C(=N)N)cc3)N(C(C)C)O2)C(=O)O)c1.O=C(O)C(F)(F)F. The molecule has 13 nitrogen and oxygen atoms in total. The second kappa shape index (κ2) is 14.5. The quantitative estimate of drug-likeness (QED) is 0.0777. The summed E-state index contributed by atoms with van der Waals surface area (Å²) in [4.78, 5) is 40.0. The van der Waals surface area contributed by atoms with Crippen LogP contribution in [0.15, 0.2) is 53.4 Å². The van der Waals surface area contributed by atoms with Crippen molar-refractivity contribution in [3.05, 3.63) is 65.2 Å². The van der Waals surface area contributed by atoms with E-state index in [0.717, 1.165) is 12.6 Å². The number of likely N-dealkylation sites (N-methyl/N-ethyl adjacent to an activating group) is 1. The average molecular weight is 661 g/mol. The van der Waals surface area contributed by atoms with E-state index in [0.29, 0.717) is 17.5 Å². The number of Topliss-reactive ketones (excluding diaryl/α,β-unsaturated/α-hetero) is 1. The Bertz CT molecular complexity index is 1510. The minimum Gasteiger partial charge on any atom is -0.477 e. The molecule has 2 aromatic rings. The van der Waals surface area contributed by atoms with Crippen molar-refractivity contribution in [3.63, 3.8) is 0 Å². The van der Waals surface area contributed by atoms with E-state index < -0.39 is 56.5 Å². The molecule has 1 saturated heterocycles. The van der Waals surface area contributed by atoms with Gasteiger partial charge < -0.3 is 15.9 Å². The molecule has 1 unspecified atom stereocenters. The molecular weight excluding hydrogens is 623 g/mol. The smallest absolute Gasteiger partial charge is 0.477 e. The summed E-state index contributed by atoms with van der Waals surface area (Å²) in [6.45, 7) is 5.62. The van der Waals surface area contributed by atoms with Gasteiger partial charge in [0.05, 0.1) is 18.6 Å². The van der Waals surface area contributed by atoms with E-state index in [1.807, 2.05) is 26.0 Å². The topological polar surface area (TPSA) is 214 Å². The van der Waals surface area contributed by atoms with Crippen LogP contribution in [0.4, 0.5) is 13.2 Å². The summed E-state index contributed by atoms with van der Waals surface area (Å²) in [5.41, 5.74) is 7.75. The van der Waals surface area contributed by atoms with Crippen LogP contribution < -0.4 is 11.6 Å². The molecule has 1 fully saturated rings. The number of carboxylic acid groups (broad SMARTS) is 2. The van der Waals surface area contributed by atoms with E-state index in [9.17, 15) is 36.3 Å². The van der Waals surface area contributed by atoms with Crippen LogP contribution in [0.3, 0.4) is 0 Å². The van der Waals surface area contributed by atoms with Crippen LogP contribution in [0.2, 0.25) is 0 Å². The number of carboxylic acids is 2. The third kappa shape index (κ3) is 9.30. The number of alkyl halides is 3. The van der Waals surface area contributed by atoms with Crippen molar-refractivity contribution in [1.82, 2.24) is 5.06 Å². The molecule has 1 aliphatic rings. The molecule has 0 bridgehead atoms. The van der Waals surface area contributed by atoms with Gasteiger partial charge in [0, 0.05) is 18.0 Å². The number of halogens is 3. The number of carbonyl (C=O) groups is 3. The Morgan fingerprint density at radius 3 is 2.13 bits per heavy atom. The number of nitrogens with two attached hydrogens (primary N) is 2. The second-order valence-corrected chi connectivity index (χ2v) is 13.1. The van der Waals surface area contributed by atoms with Crippen molar-refractivity contribution in [2.45, 2.75) is 75.3 Å². The molecular formula is C28H37F3N5O8S+. The van der Waals surface area contributed by atoms with Gasteiger partial charge in [-0.15, -0.1) is 4.00 Å². The molecule has 3 rings (SSSR count). The summed E-state index contributed by atoms with van der Waals surface area (Å²) in [6, 6.07) is 11.3. The van der Waals surface area contributed by atoms with Gasteiger partial charge >= 0.3 is 28.1 Å². The largest absolute Gasteiger partial charge is 0.490 e. The normalized spacial score (nSPS) is 19.2. The zero-order valence-corrected chi connectivity index (χ0v) is 25.8. The molecule has 1 heterocycles. The molecule has 0 aromatic heterocycles. The van der Waals surface area contributed by atoms with Gasteiger partial charge in [-0.05, 0) is 50.5 Å². The fourth-order valence-corrected chi connectivity index (χ4v) is 6.16. The number of nitrogens with zero attached hydrogens (tertiary/aromatic N) is 2. The maximum atomic E-state index is 13.3. The number of amidine groups is 1. The van der Waals surface area contributed by atoms with Crippen molar-refractivity contribution >= 4 is 33.6 Å². The first-order valence-electron chi connectivity index (χ1n) is 13.5. The number of hydrogen-bond donors (Lipinski definition) is 5. The molecule has 0 saturated carbocycles. The van der Waals surface area contributed by atoms with Crippen LogP contribution in [0.5, 0.6) is 0 Å². The molecule has 7 N–H and O–H groups in total. The lowest BCUT2D eigenvalue weighted by Gasteiger charge is -2.32. The standard InChI is InChI=1S/C26H35N5O6S.C2HF3O2/c1-16(2)30-23(18-8-10-19(11-9-18)25(27)28)15-21(37-30)13-20(32)14-24(26(33)34)31(4,29)38(35,36)22-7-5-6-17(3)12-22;3-2(4,5)1(6)7/h5-12,16,21,23-24H,13-15,29H2,1-4H3,(H3-,27,28,33,34);(H,6,7)/p+1/t21-,23-,24-,31?;/m0./s1. The molecule has 248 valence electrons. The van der Waals surface area contributed by atoms with Gasteiger partial charge in [0.15, 0.2) is 0 Å². The van der Waals surface area contributed by atoms with E-state index in [2.05, 4.69) is 0 Å². The predicted octanol–water partition coefficient (Wildman–Crippen LogP) is 2.88. The lowest BCUT2D eigenvalue weighted by molar-refractivity contribution is -0.815. The highest BCUT2D eigenvalue weighted by molar-refractivity contribution is 7.86. The fourth-order valence-electron chi connectivity index (χ4n) is 4.62. The van der Waals surface area contributed by atoms with Gasteiger partial charge in [0.25, 0.3) is 0 Å². The minimum atomic E-state index is -5.08. The number of quaternary nitrogens is 1. The molecule has 17 heteroatoms. The van der Waals surface area contributed by atoms with Crippen molar-refractivity contribution in [2.24, 2.45) is 11.6 Å². The number of hydroxylamine groups is 2. The van der Waals surface area contributed by atoms with E-state index in [-0.39, 0.29) is 29.2 Å². The maximum Gasteiger partial charge on any atom is 0.490 e. The number of sulfonamides is 1.